The molecule has 2 N–H and O–H groups in total. The largest absolute Gasteiger partial charge is 0.481 e. The van der Waals surface area contributed by atoms with Gasteiger partial charge in [0.1, 0.15) is 5.75 Å². The van der Waals surface area contributed by atoms with Crippen molar-refractivity contribution in [1.29, 1.82) is 0 Å². The molecule has 0 atom stereocenters. The Bertz CT molecular complexity index is 447. The van der Waals surface area contributed by atoms with Crippen molar-refractivity contribution in [3.63, 3.8) is 0 Å². The smallest absolute Gasteiger partial charge is 0.344 e. The van der Waals surface area contributed by atoms with Gasteiger partial charge in [-0.2, -0.15) is 0 Å². The molecule has 0 fully saturated rings. The Morgan fingerprint density at radius 1 is 1.42 bits per heavy atom. The van der Waals surface area contributed by atoms with E-state index in [9.17, 15) is 4.79 Å². The van der Waals surface area contributed by atoms with Crippen molar-refractivity contribution >= 4 is 21.9 Å². The van der Waals surface area contributed by atoms with Gasteiger partial charge in [-0.1, -0.05) is 15.9 Å². The first-order chi connectivity index (χ1) is 8.93. The van der Waals surface area contributed by atoms with E-state index in [2.05, 4.69) is 15.9 Å². The van der Waals surface area contributed by atoms with Crippen LogP contribution in [0.25, 0.3) is 0 Å². The number of halogens is 1. The summed E-state index contributed by atoms with van der Waals surface area (Å²) >= 11 is 3.44. The maximum absolute atomic E-state index is 11.5. The lowest BCUT2D eigenvalue weighted by Gasteiger charge is -2.15. The molecule has 0 bridgehead atoms. The van der Waals surface area contributed by atoms with Crippen molar-refractivity contribution in [2.24, 2.45) is 5.73 Å². The highest BCUT2D eigenvalue weighted by molar-refractivity contribution is 9.10. The Balaban J connectivity index is 2.79. The van der Waals surface area contributed by atoms with Crippen LogP contribution in [-0.4, -0.2) is 25.2 Å². The molecular formula is C14H20BrNO3. The summed E-state index contributed by atoms with van der Waals surface area (Å²) in [5.74, 6) is 0.352. The molecule has 0 saturated carbocycles. The van der Waals surface area contributed by atoms with Gasteiger partial charge in [0, 0.05) is 4.47 Å². The molecule has 0 saturated heterocycles. The number of rotatable bonds is 6. The van der Waals surface area contributed by atoms with Gasteiger partial charge in [-0.05, 0) is 57.0 Å². The van der Waals surface area contributed by atoms with Crippen LogP contribution in [0.2, 0.25) is 0 Å². The third-order valence-corrected chi connectivity index (χ3v) is 2.89. The van der Waals surface area contributed by atoms with E-state index >= 15 is 0 Å². The van der Waals surface area contributed by atoms with Gasteiger partial charge in [-0.15, -0.1) is 0 Å². The fourth-order valence-corrected chi connectivity index (χ4v) is 2.39. The Morgan fingerprint density at radius 2 is 2.11 bits per heavy atom. The molecule has 0 spiro atoms. The van der Waals surface area contributed by atoms with Crippen LogP contribution in [-0.2, 0) is 16.0 Å². The summed E-state index contributed by atoms with van der Waals surface area (Å²) in [6.07, 6.45) is 0.570. The lowest BCUT2D eigenvalue weighted by Crippen LogP contribution is -2.19. The summed E-state index contributed by atoms with van der Waals surface area (Å²) in [7, 11) is 0. The predicted molar refractivity (Wildman–Crippen MR) is 78.4 cm³/mol. The second kappa shape index (κ2) is 7.50. The van der Waals surface area contributed by atoms with Crippen molar-refractivity contribution < 1.29 is 14.3 Å². The molecule has 1 aromatic carbocycles. The van der Waals surface area contributed by atoms with E-state index in [4.69, 9.17) is 15.2 Å². The van der Waals surface area contributed by atoms with Gasteiger partial charge in [0.05, 0.1) is 6.10 Å². The third-order valence-electron chi connectivity index (χ3n) is 2.43. The zero-order valence-electron chi connectivity index (χ0n) is 11.5. The molecule has 0 amide bonds. The Morgan fingerprint density at radius 3 is 2.68 bits per heavy atom. The lowest BCUT2D eigenvalue weighted by atomic mass is 10.1. The Kier molecular flexibility index (Phi) is 6.31. The summed E-state index contributed by atoms with van der Waals surface area (Å²) in [5, 5.41) is 0. The SMILES string of the molecule is Cc1cc(Br)cc(CCN)c1OCC(=O)OC(C)C. The quantitative estimate of drug-likeness (QED) is 0.815. The molecule has 4 nitrogen and oxygen atoms in total. The van der Waals surface area contributed by atoms with Gasteiger partial charge in [0.25, 0.3) is 0 Å². The Hall–Kier alpha value is -1.07. The van der Waals surface area contributed by atoms with Crippen molar-refractivity contribution in [1.82, 2.24) is 0 Å². The van der Waals surface area contributed by atoms with Crippen molar-refractivity contribution in [3.05, 3.63) is 27.7 Å². The van der Waals surface area contributed by atoms with E-state index in [1.54, 1.807) is 0 Å². The van der Waals surface area contributed by atoms with Gasteiger partial charge in [-0.3, -0.25) is 0 Å². The van der Waals surface area contributed by atoms with Gasteiger partial charge >= 0.3 is 5.97 Å². The molecule has 0 unspecified atom stereocenters. The first-order valence-corrected chi connectivity index (χ1v) is 7.04. The fraction of sp³-hybridized carbons (Fsp3) is 0.500. The molecule has 0 aliphatic rings. The molecule has 0 aliphatic heterocycles. The summed E-state index contributed by atoms with van der Waals surface area (Å²) < 4.78 is 11.6. The summed E-state index contributed by atoms with van der Waals surface area (Å²) in [6.45, 7) is 6.00. The van der Waals surface area contributed by atoms with Crippen molar-refractivity contribution in [2.45, 2.75) is 33.3 Å². The predicted octanol–water partition coefficient (Wildman–Crippen LogP) is 2.59. The summed E-state index contributed by atoms with van der Waals surface area (Å²) in [6, 6.07) is 3.91. The molecular weight excluding hydrogens is 310 g/mol. The normalized spacial score (nSPS) is 10.6. The summed E-state index contributed by atoms with van der Waals surface area (Å²) in [4.78, 5) is 11.5. The number of aryl methyl sites for hydroxylation is 1. The van der Waals surface area contributed by atoms with E-state index in [1.807, 2.05) is 32.9 Å². The van der Waals surface area contributed by atoms with Gasteiger partial charge < -0.3 is 15.2 Å². The standard InChI is InChI=1S/C14H20BrNO3/c1-9(2)19-13(17)8-18-14-10(3)6-12(15)7-11(14)4-5-16/h6-7,9H,4-5,8,16H2,1-3H3. The molecule has 19 heavy (non-hydrogen) atoms. The minimum Gasteiger partial charge on any atom is -0.481 e. The van der Waals surface area contributed by atoms with Crippen LogP contribution in [0.5, 0.6) is 5.75 Å². The molecule has 0 aromatic heterocycles. The third kappa shape index (κ3) is 5.20. The molecule has 0 aliphatic carbocycles. The zero-order valence-corrected chi connectivity index (χ0v) is 13.1. The first-order valence-electron chi connectivity index (χ1n) is 6.25. The van der Waals surface area contributed by atoms with Crippen LogP contribution in [0, 0.1) is 6.92 Å². The van der Waals surface area contributed by atoms with Gasteiger partial charge in [0.15, 0.2) is 6.61 Å². The number of ether oxygens (including phenoxy) is 2. The second-order valence-corrected chi connectivity index (χ2v) is 5.49. The highest BCUT2D eigenvalue weighted by Gasteiger charge is 2.12. The topological polar surface area (TPSA) is 61.5 Å². The zero-order chi connectivity index (χ0) is 14.4. The van der Waals surface area contributed by atoms with Gasteiger partial charge in [0.2, 0.25) is 0 Å². The highest BCUT2D eigenvalue weighted by Crippen LogP contribution is 2.28. The molecule has 5 heteroatoms. The van der Waals surface area contributed by atoms with Gasteiger partial charge in [-0.25, -0.2) is 4.79 Å². The highest BCUT2D eigenvalue weighted by atomic mass is 79.9. The van der Waals surface area contributed by atoms with Crippen LogP contribution in [0.3, 0.4) is 0 Å². The molecule has 1 aromatic rings. The fourth-order valence-electron chi connectivity index (χ4n) is 1.78. The number of carbonyl (C=O) groups excluding carboxylic acids is 1. The van der Waals surface area contributed by atoms with Crippen LogP contribution < -0.4 is 10.5 Å². The number of nitrogens with two attached hydrogens (primary N) is 1. The minimum absolute atomic E-state index is 0.0851. The molecule has 106 valence electrons. The van der Waals surface area contributed by atoms with Crippen LogP contribution >= 0.6 is 15.9 Å². The molecule has 0 radical (unpaired) electrons. The first kappa shape index (κ1) is 16.0. The number of hydrogen-bond donors (Lipinski definition) is 1. The van der Waals surface area contributed by atoms with E-state index in [0.717, 1.165) is 15.6 Å². The maximum atomic E-state index is 11.5. The van der Waals surface area contributed by atoms with E-state index in [1.165, 1.54) is 0 Å². The molecule has 1 rings (SSSR count). The number of benzene rings is 1. The van der Waals surface area contributed by atoms with Crippen LogP contribution in [0.4, 0.5) is 0 Å². The minimum atomic E-state index is -0.365. The maximum Gasteiger partial charge on any atom is 0.344 e. The lowest BCUT2D eigenvalue weighted by molar-refractivity contribution is -0.149. The van der Waals surface area contributed by atoms with Crippen LogP contribution in [0.15, 0.2) is 16.6 Å². The van der Waals surface area contributed by atoms with E-state index in [-0.39, 0.29) is 18.7 Å². The van der Waals surface area contributed by atoms with Crippen LogP contribution in [0.1, 0.15) is 25.0 Å². The molecule has 0 heterocycles. The van der Waals surface area contributed by atoms with E-state index < -0.39 is 0 Å². The Labute approximate surface area is 122 Å². The average molecular weight is 330 g/mol. The number of carbonyl (C=O) groups is 1. The monoisotopic (exact) mass is 329 g/mol. The van der Waals surface area contributed by atoms with Crippen molar-refractivity contribution in [2.75, 3.05) is 13.2 Å². The number of esters is 1. The average Bonchev–Trinajstić information content (AvgIpc) is 2.26. The number of hydrogen-bond acceptors (Lipinski definition) is 4. The van der Waals surface area contributed by atoms with Crippen molar-refractivity contribution in [3.8, 4) is 5.75 Å². The van der Waals surface area contributed by atoms with E-state index in [0.29, 0.717) is 18.7 Å². The second-order valence-electron chi connectivity index (χ2n) is 4.58. The summed E-state index contributed by atoms with van der Waals surface area (Å²) in [5.41, 5.74) is 7.55.